The van der Waals surface area contributed by atoms with Crippen molar-refractivity contribution in [3.63, 3.8) is 0 Å². The van der Waals surface area contributed by atoms with E-state index in [1.165, 1.54) is 7.11 Å². The van der Waals surface area contributed by atoms with Crippen LogP contribution in [0.3, 0.4) is 0 Å². The molecule has 0 bridgehead atoms. The van der Waals surface area contributed by atoms with Gasteiger partial charge in [-0.1, -0.05) is 0 Å². The normalized spacial score (nSPS) is 8.00. The Morgan fingerprint density at radius 3 is 1.75 bits per heavy atom. The number of ether oxygens (including phenoxy) is 1. The van der Waals surface area contributed by atoms with E-state index in [-0.39, 0.29) is 24.8 Å². The van der Waals surface area contributed by atoms with E-state index in [0.717, 1.165) is 0 Å². The second-order valence-electron chi connectivity index (χ2n) is 1.49. The van der Waals surface area contributed by atoms with E-state index in [1.54, 1.807) is 13.8 Å². The fraction of sp³-hybridized carbons (Fsp3) is 0.600. The number of hydrogen-bond acceptors (Lipinski definition) is 2. The van der Waals surface area contributed by atoms with Crippen molar-refractivity contribution in [2.45, 2.75) is 13.8 Å². The molecule has 0 aliphatic rings. The Labute approximate surface area is 61.8 Å². The fourth-order valence-corrected chi connectivity index (χ4v) is 0.204. The van der Waals surface area contributed by atoms with Crippen LogP contribution in [0.4, 0.5) is 0 Å². The molecular formula is C5H10LiO2. The van der Waals surface area contributed by atoms with Crippen LogP contribution in [0.15, 0.2) is 0 Å². The third-order valence-corrected chi connectivity index (χ3v) is 0.594. The molecule has 0 spiro atoms. The quantitative estimate of drug-likeness (QED) is 0.353. The van der Waals surface area contributed by atoms with Gasteiger partial charge in [0.15, 0.2) is 0 Å². The van der Waals surface area contributed by atoms with Gasteiger partial charge in [-0.25, -0.2) is 0 Å². The first-order valence-corrected chi connectivity index (χ1v) is 2.07. The van der Waals surface area contributed by atoms with Crippen LogP contribution in [0, 0.1) is 5.92 Å². The molecule has 43 valence electrons. The van der Waals surface area contributed by atoms with Crippen molar-refractivity contribution >= 4 is 24.8 Å². The molecule has 0 atom stereocenters. The van der Waals surface area contributed by atoms with Crippen LogP contribution < -0.4 is 0 Å². The molecule has 0 rings (SSSR count). The van der Waals surface area contributed by atoms with Crippen LogP contribution in [0.5, 0.6) is 0 Å². The molecule has 0 unspecified atom stereocenters. The zero-order chi connectivity index (χ0) is 5.86. The van der Waals surface area contributed by atoms with Gasteiger partial charge in [-0.15, -0.1) is 0 Å². The van der Waals surface area contributed by atoms with E-state index in [9.17, 15) is 4.79 Å². The summed E-state index contributed by atoms with van der Waals surface area (Å²) in [7, 11) is 1.37. The third kappa shape index (κ3) is 4.23. The number of methoxy groups -OCH3 is 1. The first-order chi connectivity index (χ1) is 3.18. The Hall–Kier alpha value is 0.0674. The van der Waals surface area contributed by atoms with Gasteiger partial charge in [-0.3, -0.25) is 4.79 Å². The molecule has 0 heterocycles. The summed E-state index contributed by atoms with van der Waals surface area (Å²) in [4.78, 5) is 10.3. The minimum atomic E-state index is -0.236. The number of carbonyl (C=O) groups is 1. The van der Waals surface area contributed by atoms with Gasteiger partial charge in [-0.2, -0.15) is 0 Å². The Morgan fingerprint density at radius 1 is 1.38 bits per heavy atom. The van der Waals surface area contributed by atoms with Crippen molar-refractivity contribution in [3.05, 3.63) is 5.92 Å². The number of esters is 1. The number of rotatable bonds is 1. The summed E-state index contributed by atoms with van der Waals surface area (Å²) in [5.74, 6) is 0.447. The molecule has 0 aromatic carbocycles. The van der Waals surface area contributed by atoms with Crippen LogP contribution in [0.25, 0.3) is 0 Å². The van der Waals surface area contributed by atoms with Crippen LogP contribution >= 0.6 is 0 Å². The SMILES string of the molecule is COC(=O)[C](C)C.[LiH]. The van der Waals surface area contributed by atoms with E-state index >= 15 is 0 Å². The predicted octanol–water partition coefficient (Wildman–Crippen LogP) is 0.125. The van der Waals surface area contributed by atoms with Crippen molar-refractivity contribution < 1.29 is 9.53 Å². The van der Waals surface area contributed by atoms with Gasteiger partial charge in [0.1, 0.15) is 0 Å². The summed E-state index contributed by atoms with van der Waals surface area (Å²) in [5, 5.41) is 0. The predicted molar refractivity (Wildman–Crippen MR) is 33.8 cm³/mol. The maximum atomic E-state index is 10.3. The van der Waals surface area contributed by atoms with Crippen LogP contribution in [0.1, 0.15) is 13.8 Å². The molecule has 0 aliphatic carbocycles. The third-order valence-electron chi connectivity index (χ3n) is 0.594. The average molecular weight is 109 g/mol. The summed E-state index contributed by atoms with van der Waals surface area (Å²) >= 11 is 0. The second-order valence-corrected chi connectivity index (χ2v) is 1.49. The van der Waals surface area contributed by atoms with Crippen LogP contribution in [-0.2, 0) is 9.53 Å². The molecule has 0 aliphatic heterocycles. The Balaban J connectivity index is 0. The van der Waals surface area contributed by atoms with Gasteiger partial charge in [0.25, 0.3) is 0 Å². The molecule has 2 nitrogen and oxygen atoms in total. The first kappa shape index (κ1) is 10.9. The van der Waals surface area contributed by atoms with Gasteiger partial charge in [-0.05, 0) is 13.8 Å². The zero-order valence-electron chi connectivity index (χ0n) is 4.82. The molecular weight excluding hydrogens is 99.0 g/mol. The standard InChI is InChI=1S/C5H9O2.Li.H/c1-4(2)5(6)7-3;;/h1-3H3;;. The number of carbonyl (C=O) groups excluding carboxylic acids is 1. The minimum absolute atomic E-state index is 0. The molecule has 0 fully saturated rings. The molecule has 0 aromatic heterocycles. The van der Waals surface area contributed by atoms with Crippen molar-refractivity contribution in [1.29, 1.82) is 0 Å². The van der Waals surface area contributed by atoms with Gasteiger partial charge in [0.05, 0.1) is 13.0 Å². The van der Waals surface area contributed by atoms with E-state index in [1.807, 2.05) is 0 Å². The van der Waals surface area contributed by atoms with E-state index in [0.29, 0.717) is 5.92 Å². The zero-order valence-corrected chi connectivity index (χ0v) is 4.82. The van der Waals surface area contributed by atoms with E-state index in [4.69, 9.17) is 0 Å². The molecule has 0 saturated carbocycles. The second kappa shape index (κ2) is 5.21. The van der Waals surface area contributed by atoms with Crippen LogP contribution in [-0.4, -0.2) is 31.9 Å². The van der Waals surface area contributed by atoms with Gasteiger partial charge in [0.2, 0.25) is 0 Å². The maximum absolute atomic E-state index is 10.3. The van der Waals surface area contributed by atoms with Crippen molar-refractivity contribution in [2.24, 2.45) is 0 Å². The molecule has 8 heavy (non-hydrogen) atoms. The summed E-state index contributed by atoms with van der Waals surface area (Å²) in [6.45, 7) is 3.43. The molecule has 3 heteroatoms. The number of hydrogen-bond donors (Lipinski definition) is 0. The van der Waals surface area contributed by atoms with Gasteiger partial charge in [0, 0.05) is 0 Å². The molecule has 0 saturated heterocycles. The molecule has 1 radical (unpaired) electrons. The van der Waals surface area contributed by atoms with Crippen molar-refractivity contribution in [1.82, 2.24) is 0 Å². The topological polar surface area (TPSA) is 26.3 Å². The summed E-state index contributed by atoms with van der Waals surface area (Å²) in [6, 6.07) is 0. The van der Waals surface area contributed by atoms with Gasteiger partial charge < -0.3 is 4.74 Å². The summed E-state index contributed by atoms with van der Waals surface area (Å²) in [6.07, 6.45) is 0. The van der Waals surface area contributed by atoms with E-state index < -0.39 is 0 Å². The Bertz CT molecular complexity index is 70.8. The summed E-state index contributed by atoms with van der Waals surface area (Å²) < 4.78 is 4.34. The monoisotopic (exact) mass is 109 g/mol. The van der Waals surface area contributed by atoms with Crippen LogP contribution in [0.2, 0.25) is 0 Å². The van der Waals surface area contributed by atoms with E-state index in [2.05, 4.69) is 4.74 Å². The molecule has 0 N–H and O–H groups in total. The molecule has 0 amide bonds. The van der Waals surface area contributed by atoms with Crippen molar-refractivity contribution in [3.8, 4) is 0 Å². The fourth-order valence-electron chi connectivity index (χ4n) is 0.204. The first-order valence-electron chi connectivity index (χ1n) is 2.07. The molecule has 0 aromatic rings. The Kier molecular flexibility index (Phi) is 7.13. The average Bonchev–Trinajstić information content (AvgIpc) is 1.65. The summed E-state index contributed by atoms with van der Waals surface area (Å²) in [5.41, 5.74) is 0. The Morgan fingerprint density at radius 2 is 1.75 bits per heavy atom. The van der Waals surface area contributed by atoms with Crippen molar-refractivity contribution in [2.75, 3.05) is 7.11 Å². The van der Waals surface area contributed by atoms with Gasteiger partial charge >= 0.3 is 24.8 Å².